The Morgan fingerprint density at radius 2 is 1.96 bits per heavy atom. The van der Waals surface area contributed by atoms with Crippen molar-refractivity contribution in [1.29, 1.82) is 0 Å². The van der Waals surface area contributed by atoms with Gasteiger partial charge in [0.1, 0.15) is 11.5 Å². The molecule has 0 aromatic heterocycles. The number of nitrogens with zero attached hydrogens (tertiary/aromatic N) is 1. The van der Waals surface area contributed by atoms with Gasteiger partial charge in [0.25, 0.3) is 0 Å². The predicted octanol–water partition coefficient (Wildman–Crippen LogP) is 2.70. The van der Waals surface area contributed by atoms with Gasteiger partial charge in [-0.2, -0.15) is 0 Å². The first-order valence-corrected chi connectivity index (χ1v) is 7.92. The Bertz CT molecular complexity index is 592. The van der Waals surface area contributed by atoms with E-state index in [9.17, 15) is 9.59 Å². The van der Waals surface area contributed by atoms with Crippen LogP contribution < -0.4 is 14.8 Å². The SMILES string of the molecule is COc1cc(NC(=O)CN2CCCCCC2=O)c(OC)cc1Cl. The highest BCUT2D eigenvalue weighted by atomic mass is 35.5. The zero-order valence-corrected chi connectivity index (χ0v) is 14.1. The lowest BCUT2D eigenvalue weighted by Gasteiger charge is -2.20. The van der Waals surface area contributed by atoms with Crippen molar-refractivity contribution in [3.63, 3.8) is 0 Å². The molecule has 2 rings (SSSR count). The molecule has 0 atom stereocenters. The molecule has 0 aliphatic carbocycles. The summed E-state index contributed by atoms with van der Waals surface area (Å²) in [5, 5.41) is 3.15. The van der Waals surface area contributed by atoms with Crippen LogP contribution in [0.15, 0.2) is 12.1 Å². The summed E-state index contributed by atoms with van der Waals surface area (Å²) in [6.07, 6.45) is 3.34. The number of carbonyl (C=O) groups excluding carboxylic acids is 2. The molecule has 126 valence electrons. The second kappa shape index (κ2) is 8.06. The summed E-state index contributed by atoms with van der Waals surface area (Å²) in [6, 6.07) is 3.18. The standard InChI is InChI=1S/C16H21ClN2O4/c1-22-13-9-12(14(23-2)8-11(13)17)18-15(20)10-19-7-5-3-4-6-16(19)21/h8-9H,3-7,10H2,1-2H3,(H,18,20). The average Bonchev–Trinajstić information content (AvgIpc) is 2.73. The summed E-state index contributed by atoms with van der Waals surface area (Å²) in [7, 11) is 2.99. The Kier molecular flexibility index (Phi) is 6.10. The molecule has 7 heteroatoms. The van der Waals surface area contributed by atoms with Crippen LogP contribution in [-0.4, -0.2) is 44.0 Å². The van der Waals surface area contributed by atoms with Gasteiger partial charge in [-0.3, -0.25) is 9.59 Å². The molecular weight excluding hydrogens is 320 g/mol. The van der Waals surface area contributed by atoms with Gasteiger partial charge in [-0.25, -0.2) is 0 Å². The molecule has 2 amide bonds. The maximum atomic E-state index is 12.3. The number of halogens is 1. The molecule has 0 spiro atoms. The van der Waals surface area contributed by atoms with E-state index in [1.807, 2.05) is 0 Å². The normalized spacial score (nSPS) is 15.1. The molecular formula is C16H21ClN2O4. The number of benzene rings is 1. The lowest BCUT2D eigenvalue weighted by molar-refractivity contribution is -0.134. The van der Waals surface area contributed by atoms with Crippen LogP contribution in [0, 0.1) is 0 Å². The van der Waals surface area contributed by atoms with Gasteiger partial charge in [0.2, 0.25) is 11.8 Å². The zero-order chi connectivity index (χ0) is 16.8. The van der Waals surface area contributed by atoms with Gasteiger partial charge in [-0.15, -0.1) is 0 Å². The summed E-state index contributed by atoms with van der Waals surface area (Å²) in [5.41, 5.74) is 0.459. The number of methoxy groups -OCH3 is 2. The maximum Gasteiger partial charge on any atom is 0.244 e. The molecule has 1 aliphatic heterocycles. The fourth-order valence-electron chi connectivity index (χ4n) is 2.53. The number of likely N-dealkylation sites (tertiary alicyclic amines) is 1. The molecule has 0 radical (unpaired) electrons. The van der Waals surface area contributed by atoms with E-state index in [1.54, 1.807) is 17.0 Å². The monoisotopic (exact) mass is 340 g/mol. The van der Waals surface area contributed by atoms with E-state index in [1.165, 1.54) is 14.2 Å². The fourth-order valence-corrected chi connectivity index (χ4v) is 2.76. The van der Waals surface area contributed by atoms with E-state index < -0.39 is 0 Å². The lowest BCUT2D eigenvalue weighted by Crippen LogP contribution is -2.37. The number of rotatable bonds is 5. The van der Waals surface area contributed by atoms with Gasteiger partial charge in [0, 0.05) is 25.1 Å². The minimum Gasteiger partial charge on any atom is -0.495 e. The van der Waals surface area contributed by atoms with Gasteiger partial charge >= 0.3 is 0 Å². The van der Waals surface area contributed by atoms with Crippen molar-refractivity contribution in [3.8, 4) is 11.5 Å². The molecule has 23 heavy (non-hydrogen) atoms. The van der Waals surface area contributed by atoms with Crippen LogP contribution in [-0.2, 0) is 9.59 Å². The third-order valence-corrected chi connectivity index (χ3v) is 4.05. The fraction of sp³-hybridized carbons (Fsp3) is 0.500. The summed E-state index contributed by atoms with van der Waals surface area (Å²) >= 11 is 6.04. The Hall–Kier alpha value is -1.95. The minimum atomic E-state index is -0.275. The smallest absolute Gasteiger partial charge is 0.244 e. The van der Waals surface area contributed by atoms with E-state index in [0.717, 1.165) is 19.3 Å². The largest absolute Gasteiger partial charge is 0.495 e. The van der Waals surface area contributed by atoms with E-state index in [-0.39, 0.29) is 18.4 Å². The van der Waals surface area contributed by atoms with E-state index >= 15 is 0 Å². The average molecular weight is 341 g/mol. The van der Waals surface area contributed by atoms with Gasteiger partial charge in [-0.05, 0) is 12.8 Å². The topological polar surface area (TPSA) is 67.9 Å². The van der Waals surface area contributed by atoms with Gasteiger partial charge in [0.05, 0.1) is 31.5 Å². The van der Waals surface area contributed by atoms with Crippen molar-refractivity contribution in [2.75, 3.05) is 32.6 Å². The van der Waals surface area contributed by atoms with Crippen molar-refractivity contribution in [1.82, 2.24) is 4.90 Å². The van der Waals surface area contributed by atoms with Crippen LogP contribution >= 0.6 is 11.6 Å². The maximum absolute atomic E-state index is 12.3. The number of ether oxygens (including phenoxy) is 2. The number of amides is 2. The molecule has 6 nitrogen and oxygen atoms in total. The third kappa shape index (κ3) is 4.51. The summed E-state index contributed by atoms with van der Waals surface area (Å²) in [5.74, 6) is 0.626. The molecule has 1 aliphatic rings. The lowest BCUT2D eigenvalue weighted by atomic mass is 10.2. The second-order valence-electron chi connectivity index (χ2n) is 5.36. The van der Waals surface area contributed by atoms with Crippen LogP contribution in [0.1, 0.15) is 25.7 Å². The van der Waals surface area contributed by atoms with Crippen LogP contribution in [0.5, 0.6) is 11.5 Å². The molecule has 1 aromatic rings. The minimum absolute atomic E-state index is 0.0262. The summed E-state index contributed by atoms with van der Waals surface area (Å²) < 4.78 is 10.4. The van der Waals surface area contributed by atoms with E-state index in [0.29, 0.717) is 35.2 Å². The molecule has 1 N–H and O–H groups in total. The first-order valence-electron chi connectivity index (χ1n) is 7.54. The van der Waals surface area contributed by atoms with Crippen molar-refractivity contribution >= 4 is 29.1 Å². The van der Waals surface area contributed by atoms with Crippen molar-refractivity contribution in [3.05, 3.63) is 17.2 Å². The highest BCUT2D eigenvalue weighted by Gasteiger charge is 2.20. The van der Waals surface area contributed by atoms with E-state index in [2.05, 4.69) is 5.32 Å². The quantitative estimate of drug-likeness (QED) is 0.894. The number of anilines is 1. The van der Waals surface area contributed by atoms with Gasteiger partial charge in [0.15, 0.2) is 0 Å². The summed E-state index contributed by atoms with van der Waals surface area (Å²) in [6.45, 7) is 0.653. The van der Waals surface area contributed by atoms with Crippen molar-refractivity contribution in [2.24, 2.45) is 0 Å². The Morgan fingerprint density at radius 3 is 2.65 bits per heavy atom. The number of carbonyl (C=O) groups is 2. The van der Waals surface area contributed by atoms with E-state index in [4.69, 9.17) is 21.1 Å². The molecule has 1 fully saturated rings. The van der Waals surface area contributed by atoms with Crippen LogP contribution in [0.3, 0.4) is 0 Å². The molecule has 1 aromatic carbocycles. The molecule has 0 unspecified atom stereocenters. The van der Waals surface area contributed by atoms with Crippen LogP contribution in [0.25, 0.3) is 0 Å². The van der Waals surface area contributed by atoms with Crippen molar-refractivity contribution in [2.45, 2.75) is 25.7 Å². The van der Waals surface area contributed by atoms with Gasteiger partial charge in [-0.1, -0.05) is 18.0 Å². The first-order chi connectivity index (χ1) is 11.0. The second-order valence-corrected chi connectivity index (χ2v) is 5.77. The third-order valence-electron chi connectivity index (χ3n) is 3.75. The summed E-state index contributed by atoms with van der Waals surface area (Å²) in [4.78, 5) is 25.8. The Morgan fingerprint density at radius 1 is 1.22 bits per heavy atom. The van der Waals surface area contributed by atoms with Crippen LogP contribution in [0.2, 0.25) is 5.02 Å². The zero-order valence-electron chi connectivity index (χ0n) is 13.4. The molecule has 1 heterocycles. The van der Waals surface area contributed by atoms with Gasteiger partial charge < -0.3 is 19.7 Å². The Balaban J connectivity index is 2.08. The highest BCUT2D eigenvalue weighted by Crippen LogP contribution is 2.35. The van der Waals surface area contributed by atoms with Crippen molar-refractivity contribution < 1.29 is 19.1 Å². The van der Waals surface area contributed by atoms with Crippen LogP contribution in [0.4, 0.5) is 5.69 Å². The first kappa shape index (κ1) is 17.4. The Labute approximate surface area is 140 Å². The molecule has 0 saturated carbocycles. The number of hydrogen-bond acceptors (Lipinski definition) is 4. The highest BCUT2D eigenvalue weighted by molar-refractivity contribution is 6.32. The number of nitrogens with one attached hydrogen (secondary N) is 1. The number of hydrogen-bond donors (Lipinski definition) is 1. The predicted molar refractivity (Wildman–Crippen MR) is 88.2 cm³/mol. The molecule has 1 saturated heterocycles. The molecule has 0 bridgehead atoms.